The van der Waals surface area contributed by atoms with Gasteiger partial charge in [0.15, 0.2) is 12.6 Å². The number of ether oxygens (including phenoxy) is 6. The molecule has 0 aromatic rings. The highest BCUT2D eigenvalue weighted by atomic mass is 16.7. The fourth-order valence-corrected chi connectivity index (χ4v) is 8.19. The van der Waals surface area contributed by atoms with E-state index in [1.807, 2.05) is 60.5 Å². The van der Waals surface area contributed by atoms with Gasteiger partial charge < -0.3 is 48.6 Å². The van der Waals surface area contributed by atoms with E-state index in [1.54, 1.807) is 21.0 Å². The second kappa shape index (κ2) is 14.9. The molecule has 268 valence electrons. The van der Waals surface area contributed by atoms with Crippen molar-refractivity contribution in [3.8, 4) is 0 Å². The number of methoxy groups -OCH3 is 1. The number of carbonyl (C=O) groups excluding carboxylic acids is 1. The molecule has 2 bridgehead atoms. The zero-order valence-electron chi connectivity index (χ0n) is 29.9. The van der Waals surface area contributed by atoms with E-state index in [0.29, 0.717) is 32.4 Å². The van der Waals surface area contributed by atoms with E-state index in [-0.39, 0.29) is 42.7 Å². The molecule has 5 aliphatic heterocycles. The third-order valence-corrected chi connectivity index (χ3v) is 11.1. The highest BCUT2D eigenvalue weighted by Gasteiger charge is 2.51. The molecule has 5 saturated heterocycles. The van der Waals surface area contributed by atoms with Gasteiger partial charge >= 0.3 is 5.97 Å². The maximum Gasteiger partial charge on any atom is 0.311 e. The molecule has 5 fully saturated rings. The molecule has 46 heavy (non-hydrogen) atoms. The Morgan fingerprint density at radius 3 is 2.17 bits per heavy atom. The number of rotatable bonds is 6. The number of likely N-dealkylation sites (N-methyl/N-ethyl adjacent to an activating group) is 1. The smallest absolute Gasteiger partial charge is 0.311 e. The largest absolute Gasteiger partial charge is 0.459 e. The lowest BCUT2D eigenvalue weighted by Crippen LogP contribution is -2.62. The van der Waals surface area contributed by atoms with E-state index in [1.165, 1.54) is 0 Å². The number of nitrogens with zero attached hydrogens (tertiary/aromatic N) is 2. The zero-order valence-corrected chi connectivity index (χ0v) is 29.9. The molecule has 5 aliphatic rings. The number of hydrogen-bond acceptors (Lipinski definition) is 12. The fraction of sp³-hybridized carbons (Fsp3) is 0.971. The predicted octanol–water partition coefficient (Wildman–Crippen LogP) is 2.15. The van der Waals surface area contributed by atoms with Gasteiger partial charge in [0.1, 0.15) is 12.2 Å². The Morgan fingerprint density at radius 2 is 1.57 bits per heavy atom. The number of hydrogen-bond donors (Lipinski definition) is 3. The first-order chi connectivity index (χ1) is 21.4. The van der Waals surface area contributed by atoms with Crippen LogP contribution in [0.3, 0.4) is 0 Å². The number of aliphatic hydroxyl groups is 3. The summed E-state index contributed by atoms with van der Waals surface area (Å²) in [5.74, 6) is -2.07. The third-order valence-electron chi connectivity index (χ3n) is 11.1. The van der Waals surface area contributed by atoms with Gasteiger partial charge in [-0.2, -0.15) is 0 Å². The summed E-state index contributed by atoms with van der Waals surface area (Å²) in [7, 11) is 5.49. The van der Waals surface area contributed by atoms with Gasteiger partial charge in [-0.15, -0.1) is 0 Å². The molecule has 5 rings (SSSR count). The monoisotopic (exact) mass is 658 g/mol. The van der Waals surface area contributed by atoms with Gasteiger partial charge in [0, 0.05) is 51.0 Å². The maximum absolute atomic E-state index is 13.7. The van der Waals surface area contributed by atoms with Gasteiger partial charge in [0.2, 0.25) is 0 Å². The summed E-state index contributed by atoms with van der Waals surface area (Å²) < 4.78 is 37.6. The van der Waals surface area contributed by atoms with Crippen LogP contribution in [0, 0.1) is 17.8 Å². The van der Waals surface area contributed by atoms with E-state index >= 15 is 0 Å². The number of fused-ring (bicyclic) bond motifs is 10. The van der Waals surface area contributed by atoms with Gasteiger partial charge in [0.25, 0.3) is 0 Å². The molecular weight excluding hydrogens is 596 g/mol. The van der Waals surface area contributed by atoms with E-state index < -0.39 is 66.0 Å². The van der Waals surface area contributed by atoms with Crippen molar-refractivity contribution in [1.82, 2.24) is 9.80 Å². The molecule has 5 heterocycles. The molecule has 15 atom stereocenters. The van der Waals surface area contributed by atoms with E-state index in [0.717, 1.165) is 0 Å². The highest BCUT2D eigenvalue weighted by Crippen LogP contribution is 2.40. The van der Waals surface area contributed by atoms with Gasteiger partial charge in [-0.3, -0.25) is 9.69 Å². The summed E-state index contributed by atoms with van der Waals surface area (Å²) in [6, 6.07) is -0.417. The first-order valence-corrected chi connectivity index (χ1v) is 17.2. The van der Waals surface area contributed by atoms with Crippen molar-refractivity contribution in [2.45, 2.75) is 160 Å². The predicted molar refractivity (Wildman–Crippen MR) is 171 cm³/mol. The van der Waals surface area contributed by atoms with Crippen LogP contribution < -0.4 is 0 Å². The van der Waals surface area contributed by atoms with Crippen LogP contribution in [-0.2, 0) is 33.2 Å². The molecule has 0 radical (unpaired) electrons. The first-order valence-electron chi connectivity index (χ1n) is 17.2. The minimum absolute atomic E-state index is 0.143. The molecule has 0 amide bonds. The molecule has 0 saturated carbocycles. The van der Waals surface area contributed by atoms with Crippen molar-refractivity contribution in [3.05, 3.63) is 0 Å². The average Bonchev–Trinajstić information content (AvgIpc) is 2.94. The molecule has 0 unspecified atom stereocenters. The van der Waals surface area contributed by atoms with Crippen LogP contribution in [-0.4, -0.2) is 144 Å². The lowest BCUT2D eigenvalue weighted by Gasteiger charge is -2.49. The van der Waals surface area contributed by atoms with Crippen LogP contribution in [0.15, 0.2) is 0 Å². The van der Waals surface area contributed by atoms with E-state index in [4.69, 9.17) is 28.4 Å². The second-order valence-electron chi connectivity index (χ2n) is 15.6. The van der Waals surface area contributed by atoms with Crippen molar-refractivity contribution >= 4 is 5.97 Å². The first kappa shape index (κ1) is 37.9. The summed E-state index contributed by atoms with van der Waals surface area (Å²) in [5.41, 5.74) is -2.00. The standard InChI is InChI=1S/C34H62N2O10/c1-18-13-34(8,40)30(46-32-28(38)25(35(9)10)12-19(2)43-32)21(4)29(45-26-15-33(7,41-11)14-20(3)42-26)22(5)31(39)44-24-16-36(17-24)23(6)27(18)37/h18-30,32,37-38,40H,12-17H2,1-11H3/t18-,19-,20+,21+,22-,23+,25+,26+,27+,28-,29+,30-,32+,33+,34+/m1/s1. The van der Waals surface area contributed by atoms with Crippen molar-refractivity contribution in [1.29, 1.82) is 0 Å². The summed E-state index contributed by atoms with van der Waals surface area (Å²) in [6.45, 7) is 16.2. The molecule has 0 aliphatic carbocycles. The van der Waals surface area contributed by atoms with Crippen LogP contribution in [0.5, 0.6) is 0 Å². The van der Waals surface area contributed by atoms with Crippen molar-refractivity contribution < 1.29 is 48.5 Å². The normalized spacial score (nSPS) is 51.2. The van der Waals surface area contributed by atoms with Gasteiger partial charge in [-0.05, 0) is 74.4 Å². The Balaban J connectivity index is 1.73. The van der Waals surface area contributed by atoms with Gasteiger partial charge in [0.05, 0.1) is 47.6 Å². The summed E-state index contributed by atoms with van der Waals surface area (Å²) in [5, 5.41) is 35.1. The zero-order chi connectivity index (χ0) is 34.3. The summed E-state index contributed by atoms with van der Waals surface area (Å²) in [4.78, 5) is 17.8. The molecule has 12 heteroatoms. The van der Waals surface area contributed by atoms with Crippen molar-refractivity contribution in [3.63, 3.8) is 0 Å². The lowest BCUT2D eigenvalue weighted by atomic mass is 9.76. The minimum atomic E-state index is -1.52. The SMILES string of the molecule is CO[C@]1(C)C[C@H](O[C@H]2[C@H](C)[C@@H](O[C@@H]3O[C@H](C)C[C@H](N(C)C)[C@H]3O)[C@@](C)(O)C[C@@H](C)[C@H](O)[C@H](C)N3CC(C3)OC(=O)[C@@H]2C)O[C@@H](C)C1. The minimum Gasteiger partial charge on any atom is -0.459 e. The molecule has 3 N–H and O–H groups in total. The van der Waals surface area contributed by atoms with Gasteiger partial charge in [-0.1, -0.05) is 13.8 Å². The second-order valence-corrected chi connectivity index (χ2v) is 15.6. The lowest BCUT2D eigenvalue weighted by molar-refractivity contribution is -0.310. The number of carbonyl (C=O) groups is 1. The van der Waals surface area contributed by atoms with E-state index in [9.17, 15) is 20.1 Å². The molecule has 0 aromatic carbocycles. The van der Waals surface area contributed by atoms with Crippen LogP contribution in [0.2, 0.25) is 0 Å². The van der Waals surface area contributed by atoms with E-state index in [2.05, 4.69) is 4.90 Å². The quantitative estimate of drug-likeness (QED) is 0.361. The van der Waals surface area contributed by atoms with Crippen LogP contribution in [0.4, 0.5) is 0 Å². The van der Waals surface area contributed by atoms with Gasteiger partial charge in [-0.25, -0.2) is 0 Å². The Kier molecular flexibility index (Phi) is 12.3. The maximum atomic E-state index is 13.7. The van der Waals surface area contributed by atoms with Crippen molar-refractivity contribution in [2.24, 2.45) is 17.8 Å². The van der Waals surface area contributed by atoms with Crippen LogP contribution in [0.25, 0.3) is 0 Å². The number of esters is 1. The van der Waals surface area contributed by atoms with Crippen LogP contribution in [0.1, 0.15) is 81.1 Å². The molecule has 12 nitrogen and oxygen atoms in total. The fourth-order valence-electron chi connectivity index (χ4n) is 8.19. The number of aliphatic hydroxyl groups excluding tert-OH is 2. The summed E-state index contributed by atoms with van der Waals surface area (Å²) in [6.07, 6.45) is -3.91. The highest BCUT2D eigenvalue weighted by molar-refractivity contribution is 5.73. The molecule has 0 spiro atoms. The van der Waals surface area contributed by atoms with Crippen molar-refractivity contribution in [2.75, 3.05) is 34.3 Å². The Bertz CT molecular complexity index is 1010. The Labute approximate surface area is 276 Å². The molecular formula is C34H62N2O10. The molecule has 0 aromatic heterocycles. The summed E-state index contributed by atoms with van der Waals surface area (Å²) >= 11 is 0. The average molecular weight is 659 g/mol. The van der Waals surface area contributed by atoms with Crippen LogP contribution >= 0.6 is 0 Å². The Hall–Kier alpha value is -0.930. The Morgan fingerprint density at radius 1 is 0.913 bits per heavy atom. The third kappa shape index (κ3) is 8.43. The topological polar surface area (TPSA) is 140 Å².